The molecular weight excluding hydrogens is 362 g/mol. The topological polar surface area (TPSA) is 61.4 Å². The summed E-state index contributed by atoms with van der Waals surface area (Å²) >= 11 is 0. The number of benzene rings is 3. The van der Waals surface area contributed by atoms with Gasteiger partial charge in [-0.3, -0.25) is 9.59 Å². The fourth-order valence-electron chi connectivity index (χ4n) is 3.72. The van der Waals surface area contributed by atoms with Crippen LogP contribution in [0.5, 0.6) is 0 Å². The molecule has 148 valence electrons. The quantitative estimate of drug-likeness (QED) is 0.677. The molecule has 2 amide bonds. The van der Waals surface area contributed by atoms with Crippen molar-refractivity contribution in [3.63, 3.8) is 0 Å². The molecule has 1 heterocycles. The monoisotopic (exact) mass is 387 g/mol. The number of likely N-dealkylation sites (tertiary alicyclic amines) is 1. The SMILES string of the molecule is O=C(CNc1ccc(C(=O)N2CCCCC2)cc1)Nc1cccc2ccccc12. The second-order valence-electron chi connectivity index (χ2n) is 7.36. The Labute approximate surface area is 170 Å². The van der Waals surface area contributed by atoms with Crippen LogP contribution in [0.2, 0.25) is 0 Å². The average Bonchev–Trinajstić information content (AvgIpc) is 2.78. The maximum atomic E-state index is 12.5. The smallest absolute Gasteiger partial charge is 0.253 e. The van der Waals surface area contributed by atoms with Crippen molar-refractivity contribution in [2.45, 2.75) is 19.3 Å². The summed E-state index contributed by atoms with van der Waals surface area (Å²) in [6.07, 6.45) is 3.36. The van der Waals surface area contributed by atoms with Crippen molar-refractivity contribution >= 4 is 34.0 Å². The first kappa shape index (κ1) is 19.0. The van der Waals surface area contributed by atoms with Crippen LogP contribution in [0, 0.1) is 0 Å². The van der Waals surface area contributed by atoms with Crippen molar-refractivity contribution < 1.29 is 9.59 Å². The lowest BCUT2D eigenvalue weighted by Crippen LogP contribution is -2.35. The first-order valence-corrected chi connectivity index (χ1v) is 10.1. The van der Waals surface area contributed by atoms with Gasteiger partial charge in [0.2, 0.25) is 5.91 Å². The highest BCUT2D eigenvalue weighted by Crippen LogP contribution is 2.23. The molecule has 5 heteroatoms. The fraction of sp³-hybridized carbons (Fsp3) is 0.250. The van der Waals surface area contributed by atoms with Crippen LogP contribution in [0.25, 0.3) is 10.8 Å². The van der Waals surface area contributed by atoms with Gasteiger partial charge in [0.1, 0.15) is 0 Å². The predicted molar refractivity (Wildman–Crippen MR) is 117 cm³/mol. The Morgan fingerprint density at radius 2 is 1.55 bits per heavy atom. The van der Waals surface area contributed by atoms with Crippen molar-refractivity contribution in [2.75, 3.05) is 30.3 Å². The zero-order chi connectivity index (χ0) is 20.1. The summed E-state index contributed by atoms with van der Waals surface area (Å²) in [6, 6.07) is 21.2. The Morgan fingerprint density at radius 3 is 2.34 bits per heavy atom. The van der Waals surface area contributed by atoms with Gasteiger partial charge < -0.3 is 15.5 Å². The highest BCUT2D eigenvalue weighted by molar-refractivity contribution is 6.03. The van der Waals surface area contributed by atoms with E-state index in [-0.39, 0.29) is 18.4 Å². The number of fused-ring (bicyclic) bond motifs is 1. The molecule has 0 atom stereocenters. The molecule has 5 nitrogen and oxygen atoms in total. The summed E-state index contributed by atoms with van der Waals surface area (Å²) in [4.78, 5) is 26.8. The van der Waals surface area contributed by atoms with Crippen molar-refractivity contribution in [1.29, 1.82) is 0 Å². The molecule has 0 aliphatic carbocycles. The Bertz CT molecular complexity index is 1000. The summed E-state index contributed by atoms with van der Waals surface area (Å²) in [6.45, 7) is 1.84. The van der Waals surface area contributed by atoms with Crippen LogP contribution >= 0.6 is 0 Å². The largest absolute Gasteiger partial charge is 0.376 e. The molecule has 3 aromatic carbocycles. The molecule has 2 N–H and O–H groups in total. The Morgan fingerprint density at radius 1 is 0.828 bits per heavy atom. The number of nitrogens with one attached hydrogen (secondary N) is 2. The molecule has 0 bridgehead atoms. The molecular formula is C24H25N3O2. The van der Waals surface area contributed by atoms with Gasteiger partial charge >= 0.3 is 0 Å². The molecule has 1 aliphatic heterocycles. The zero-order valence-corrected chi connectivity index (χ0v) is 16.4. The second-order valence-corrected chi connectivity index (χ2v) is 7.36. The molecule has 1 aliphatic rings. The van der Waals surface area contributed by atoms with Gasteiger partial charge in [0.15, 0.2) is 0 Å². The Hall–Kier alpha value is -3.34. The van der Waals surface area contributed by atoms with Crippen molar-refractivity contribution in [3.05, 3.63) is 72.3 Å². The van der Waals surface area contributed by atoms with E-state index in [2.05, 4.69) is 10.6 Å². The molecule has 0 saturated carbocycles. The molecule has 0 unspecified atom stereocenters. The molecule has 1 fully saturated rings. The van der Waals surface area contributed by atoms with E-state index in [9.17, 15) is 9.59 Å². The average molecular weight is 387 g/mol. The lowest BCUT2D eigenvalue weighted by Gasteiger charge is -2.26. The number of rotatable bonds is 5. The predicted octanol–water partition coefficient (Wildman–Crippen LogP) is 4.52. The van der Waals surface area contributed by atoms with Crippen LogP contribution in [-0.4, -0.2) is 36.3 Å². The second kappa shape index (κ2) is 8.78. The van der Waals surface area contributed by atoms with Crippen LogP contribution in [0.3, 0.4) is 0 Å². The number of anilines is 2. The maximum absolute atomic E-state index is 12.5. The summed E-state index contributed by atoms with van der Waals surface area (Å²) in [5, 5.41) is 8.19. The molecule has 0 radical (unpaired) electrons. The number of piperidine rings is 1. The maximum Gasteiger partial charge on any atom is 0.253 e. The van der Waals surface area contributed by atoms with E-state index in [1.807, 2.05) is 71.6 Å². The molecule has 29 heavy (non-hydrogen) atoms. The first-order valence-electron chi connectivity index (χ1n) is 10.1. The van der Waals surface area contributed by atoms with Gasteiger partial charge in [0.05, 0.1) is 6.54 Å². The van der Waals surface area contributed by atoms with Crippen LogP contribution in [0.15, 0.2) is 66.7 Å². The van der Waals surface area contributed by atoms with Gasteiger partial charge in [0, 0.05) is 35.4 Å². The Balaban J connectivity index is 1.34. The van der Waals surface area contributed by atoms with Gasteiger partial charge in [0.25, 0.3) is 5.91 Å². The number of hydrogen-bond acceptors (Lipinski definition) is 3. The number of carbonyl (C=O) groups excluding carboxylic acids is 2. The lowest BCUT2D eigenvalue weighted by atomic mass is 10.1. The molecule has 0 spiro atoms. The summed E-state index contributed by atoms with van der Waals surface area (Å²) in [5.74, 6) is -0.0280. The van der Waals surface area contributed by atoms with Crippen molar-refractivity contribution in [1.82, 2.24) is 4.90 Å². The summed E-state index contributed by atoms with van der Waals surface area (Å²) < 4.78 is 0. The van der Waals surface area contributed by atoms with Crippen molar-refractivity contribution in [2.24, 2.45) is 0 Å². The molecule has 0 aromatic heterocycles. The molecule has 4 rings (SSSR count). The van der Waals surface area contributed by atoms with Gasteiger partial charge in [-0.15, -0.1) is 0 Å². The number of carbonyl (C=O) groups is 2. The van der Waals surface area contributed by atoms with E-state index < -0.39 is 0 Å². The lowest BCUT2D eigenvalue weighted by molar-refractivity contribution is -0.114. The third kappa shape index (κ3) is 4.57. The summed E-state index contributed by atoms with van der Waals surface area (Å²) in [7, 11) is 0. The highest BCUT2D eigenvalue weighted by Gasteiger charge is 2.17. The van der Waals surface area contributed by atoms with E-state index in [0.717, 1.165) is 48.1 Å². The molecule has 3 aromatic rings. The normalized spacial score (nSPS) is 13.9. The zero-order valence-electron chi connectivity index (χ0n) is 16.4. The van der Waals surface area contributed by atoms with Gasteiger partial charge in [-0.1, -0.05) is 36.4 Å². The van der Waals surface area contributed by atoms with Crippen LogP contribution < -0.4 is 10.6 Å². The minimum atomic E-state index is -0.116. The van der Waals surface area contributed by atoms with Gasteiger partial charge in [-0.25, -0.2) is 0 Å². The molecule has 1 saturated heterocycles. The van der Waals surface area contributed by atoms with E-state index in [0.29, 0.717) is 5.56 Å². The van der Waals surface area contributed by atoms with Crippen LogP contribution in [0.1, 0.15) is 29.6 Å². The van der Waals surface area contributed by atoms with Gasteiger partial charge in [-0.05, 0) is 55.0 Å². The van der Waals surface area contributed by atoms with Crippen LogP contribution in [-0.2, 0) is 4.79 Å². The van der Waals surface area contributed by atoms with Crippen molar-refractivity contribution in [3.8, 4) is 0 Å². The van der Waals surface area contributed by atoms with E-state index >= 15 is 0 Å². The van der Waals surface area contributed by atoms with Gasteiger partial charge in [-0.2, -0.15) is 0 Å². The van der Waals surface area contributed by atoms with E-state index in [1.54, 1.807) is 0 Å². The highest BCUT2D eigenvalue weighted by atomic mass is 16.2. The number of nitrogens with zero attached hydrogens (tertiary/aromatic N) is 1. The summed E-state index contributed by atoms with van der Waals surface area (Å²) in [5.41, 5.74) is 2.31. The third-order valence-corrected chi connectivity index (χ3v) is 5.29. The Kier molecular flexibility index (Phi) is 5.75. The third-order valence-electron chi connectivity index (χ3n) is 5.29. The minimum absolute atomic E-state index is 0.0879. The van der Waals surface area contributed by atoms with E-state index in [4.69, 9.17) is 0 Å². The first-order chi connectivity index (χ1) is 14.2. The number of hydrogen-bond donors (Lipinski definition) is 2. The minimum Gasteiger partial charge on any atom is -0.376 e. The van der Waals surface area contributed by atoms with Crippen LogP contribution in [0.4, 0.5) is 11.4 Å². The number of amides is 2. The van der Waals surface area contributed by atoms with E-state index in [1.165, 1.54) is 6.42 Å². The fourth-order valence-corrected chi connectivity index (χ4v) is 3.72. The standard InChI is InChI=1S/C24H25N3O2/c28-23(26-22-10-6-8-18-7-2-3-9-21(18)22)17-25-20-13-11-19(12-14-20)24(29)27-15-4-1-5-16-27/h2-3,6-14,25H,1,4-5,15-17H2,(H,26,28).